The van der Waals surface area contributed by atoms with Crippen molar-refractivity contribution in [2.75, 3.05) is 6.61 Å². The number of ether oxygens (including phenoxy) is 1. The number of aliphatic hydroxyl groups excluding tert-OH is 1. The Kier molecular flexibility index (Phi) is 5.68. The van der Waals surface area contributed by atoms with E-state index in [1.165, 1.54) is 0 Å². The Morgan fingerprint density at radius 1 is 1.07 bits per heavy atom. The SMILES string of the molecule is CC(C)C(C(=O)N1[C@H](c2ccccc2)COC1(C)C)C(O)c1ccccc1. The Morgan fingerprint density at radius 3 is 2.19 bits per heavy atom. The van der Waals surface area contributed by atoms with Crippen molar-refractivity contribution in [1.29, 1.82) is 0 Å². The molecule has 4 heteroatoms. The molecule has 0 saturated carbocycles. The summed E-state index contributed by atoms with van der Waals surface area (Å²) < 4.78 is 5.98. The minimum Gasteiger partial charge on any atom is -0.388 e. The molecule has 0 radical (unpaired) electrons. The molecule has 144 valence electrons. The summed E-state index contributed by atoms with van der Waals surface area (Å²) in [5.41, 5.74) is 1.09. The smallest absolute Gasteiger partial charge is 0.231 e. The lowest BCUT2D eigenvalue weighted by molar-refractivity contribution is -0.156. The molecule has 3 atom stereocenters. The van der Waals surface area contributed by atoms with Crippen molar-refractivity contribution in [2.24, 2.45) is 11.8 Å². The number of hydrogen-bond acceptors (Lipinski definition) is 3. The van der Waals surface area contributed by atoms with Crippen LogP contribution in [-0.4, -0.2) is 28.2 Å². The van der Waals surface area contributed by atoms with E-state index in [4.69, 9.17) is 4.74 Å². The molecule has 3 rings (SSSR count). The van der Waals surface area contributed by atoms with Gasteiger partial charge in [0.15, 0.2) is 0 Å². The average molecular weight is 367 g/mol. The van der Waals surface area contributed by atoms with Gasteiger partial charge in [-0.15, -0.1) is 0 Å². The second-order valence-electron chi connectivity index (χ2n) is 8.02. The maximum atomic E-state index is 13.7. The lowest BCUT2D eigenvalue weighted by Crippen LogP contribution is -2.49. The van der Waals surface area contributed by atoms with Gasteiger partial charge in [-0.1, -0.05) is 74.5 Å². The van der Waals surface area contributed by atoms with Crippen LogP contribution < -0.4 is 0 Å². The molecule has 0 bridgehead atoms. The summed E-state index contributed by atoms with van der Waals surface area (Å²) in [6.45, 7) is 8.25. The van der Waals surface area contributed by atoms with Gasteiger partial charge in [0.25, 0.3) is 0 Å². The van der Waals surface area contributed by atoms with Crippen LogP contribution in [0.15, 0.2) is 60.7 Å². The minimum atomic E-state index is -0.855. The van der Waals surface area contributed by atoms with E-state index in [0.29, 0.717) is 6.61 Å². The molecular weight excluding hydrogens is 338 g/mol. The second-order valence-corrected chi connectivity index (χ2v) is 8.02. The van der Waals surface area contributed by atoms with E-state index >= 15 is 0 Å². The van der Waals surface area contributed by atoms with Gasteiger partial charge in [-0.05, 0) is 30.9 Å². The molecule has 1 amide bonds. The Morgan fingerprint density at radius 2 is 1.63 bits per heavy atom. The highest BCUT2D eigenvalue weighted by atomic mass is 16.5. The molecule has 2 aromatic rings. The molecule has 0 aliphatic carbocycles. The van der Waals surface area contributed by atoms with Crippen molar-refractivity contribution in [3.8, 4) is 0 Å². The highest BCUT2D eigenvalue weighted by Gasteiger charge is 2.48. The van der Waals surface area contributed by atoms with Gasteiger partial charge in [0.05, 0.1) is 24.7 Å². The molecule has 4 nitrogen and oxygen atoms in total. The third kappa shape index (κ3) is 3.92. The summed E-state index contributed by atoms with van der Waals surface area (Å²) in [5, 5.41) is 11.0. The maximum Gasteiger partial charge on any atom is 0.231 e. The number of rotatable bonds is 5. The van der Waals surface area contributed by atoms with Gasteiger partial charge in [0.1, 0.15) is 5.72 Å². The van der Waals surface area contributed by atoms with Gasteiger partial charge in [-0.25, -0.2) is 0 Å². The van der Waals surface area contributed by atoms with E-state index in [1.54, 1.807) is 0 Å². The normalized spacial score (nSPS) is 21.3. The van der Waals surface area contributed by atoms with Crippen LogP contribution >= 0.6 is 0 Å². The van der Waals surface area contributed by atoms with Gasteiger partial charge in [0.2, 0.25) is 5.91 Å². The summed E-state index contributed by atoms with van der Waals surface area (Å²) >= 11 is 0. The van der Waals surface area contributed by atoms with Crippen molar-refractivity contribution < 1.29 is 14.6 Å². The van der Waals surface area contributed by atoms with E-state index in [2.05, 4.69) is 0 Å². The van der Waals surface area contributed by atoms with Crippen molar-refractivity contribution in [2.45, 2.75) is 45.6 Å². The third-order valence-electron chi connectivity index (χ3n) is 5.39. The lowest BCUT2D eigenvalue weighted by atomic mass is 9.84. The summed E-state index contributed by atoms with van der Waals surface area (Å²) in [6.07, 6.45) is -0.855. The van der Waals surface area contributed by atoms with Crippen LogP contribution in [0.25, 0.3) is 0 Å². The highest BCUT2D eigenvalue weighted by Crippen LogP contribution is 2.41. The molecule has 0 spiro atoms. The van der Waals surface area contributed by atoms with Gasteiger partial charge in [-0.3, -0.25) is 4.79 Å². The fourth-order valence-electron chi connectivity index (χ4n) is 3.94. The minimum absolute atomic E-state index is 0.0134. The van der Waals surface area contributed by atoms with Crippen molar-refractivity contribution in [1.82, 2.24) is 4.90 Å². The fraction of sp³-hybridized carbons (Fsp3) is 0.435. The molecule has 1 N–H and O–H groups in total. The first-order valence-electron chi connectivity index (χ1n) is 9.58. The number of carbonyl (C=O) groups excluding carboxylic acids is 1. The number of hydrogen-bond donors (Lipinski definition) is 1. The molecule has 1 aliphatic heterocycles. The third-order valence-corrected chi connectivity index (χ3v) is 5.39. The molecule has 1 saturated heterocycles. The molecular formula is C23H29NO3. The van der Waals surface area contributed by atoms with Gasteiger partial charge < -0.3 is 14.7 Å². The summed E-state index contributed by atoms with van der Waals surface area (Å²) in [6, 6.07) is 19.2. The summed E-state index contributed by atoms with van der Waals surface area (Å²) in [7, 11) is 0. The Bertz CT molecular complexity index is 758. The maximum absolute atomic E-state index is 13.7. The quantitative estimate of drug-likeness (QED) is 0.856. The topological polar surface area (TPSA) is 49.8 Å². The number of nitrogens with zero attached hydrogens (tertiary/aromatic N) is 1. The van der Waals surface area contributed by atoms with E-state index in [9.17, 15) is 9.90 Å². The van der Waals surface area contributed by atoms with Crippen molar-refractivity contribution in [3.63, 3.8) is 0 Å². The first-order valence-corrected chi connectivity index (χ1v) is 9.58. The average Bonchev–Trinajstić information content (AvgIpc) is 2.98. The number of carbonyl (C=O) groups is 1. The molecule has 1 fully saturated rings. The lowest BCUT2D eigenvalue weighted by Gasteiger charge is -2.38. The monoisotopic (exact) mass is 367 g/mol. The second kappa shape index (κ2) is 7.83. The predicted octanol–water partition coefficient (Wildman–Crippen LogP) is 4.33. The fourth-order valence-corrected chi connectivity index (χ4v) is 3.94. The number of aliphatic hydroxyl groups is 1. The van der Waals surface area contributed by atoms with Crippen molar-refractivity contribution >= 4 is 5.91 Å². The number of benzene rings is 2. The van der Waals surface area contributed by atoms with E-state index in [-0.39, 0.29) is 17.9 Å². The van der Waals surface area contributed by atoms with Crippen LogP contribution in [0.4, 0.5) is 0 Å². The standard InChI is InChI=1S/C23H29NO3/c1-16(2)20(21(25)18-13-9-6-10-14-18)22(26)24-19(15-27-23(24,3)4)17-11-7-5-8-12-17/h5-14,16,19-21,25H,15H2,1-4H3/t19-,20?,21?/m0/s1. The summed E-state index contributed by atoms with van der Waals surface area (Å²) in [4.78, 5) is 15.5. The van der Waals surface area contributed by atoms with Crippen LogP contribution in [-0.2, 0) is 9.53 Å². The van der Waals surface area contributed by atoms with E-state index < -0.39 is 17.7 Å². The molecule has 1 aliphatic rings. The Hall–Kier alpha value is -2.17. The molecule has 27 heavy (non-hydrogen) atoms. The van der Waals surface area contributed by atoms with Gasteiger partial charge >= 0.3 is 0 Å². The van der Waals surface area contributed by atoms with Crippen LogP contribution in [0.5, 0.6) is 0 Å². The van der Waals surface area contributed by atoms with Crippen LogP contribution in [0, 0.1) is 11.8 Å². The molecule has 1 heterocycles. The first-order chi connectivity index (χ1) is 12.8. The first kappa shape index (κ1) is 19.6. The molecule has 0 aromatic heterocycles. The van der Waals surface area contributed by atoms with Gasteiger partial charge in [0, 0.05) is 0 Å². The Balaban J connectivity index is 1.96. The highest BCUT2D eigenvalue weighted by molar-refractivity contribution is 5.81. The zero-order chi connectivity index (χ0) is 19.6. The molecule has 2 aromatic carbocycles. The Labute approximate surface area is 161 Å². The van der Waals surface area contributed by atoms with Crippen LogP contribution in [0.1, 0.15) is 51.0 Å². The zero-order valence-corrected chi connectivity index (χ0v) is 16.5. The van der Waals surface area contributed by atoms with Crippen molar-refractivity contribution in [3.05, 3.63) is 71.8 Å². The number of amides is 1. The largest absolute Gasteiger partial charge is 0.388 e. The summed E-state index contributed by atoms with van der Waals surface area (Å²) in [5.74, 6) is -0.627. The van der Waals surface area contributed by atoms with E-state index in [0.717, 1.165) is 11.1 Å². The predicted molar refractivity (Wildman–Crippen MR) is 106 cm³/mol. The van der Waals surface area contributed by atoms with Crippen LogP contribution in [0.2, 0.25) is 0 Å². The van der Waals surface area contributed by atoms with Crippen LogP contribution in [0.3, 0.4) is 0 Å². The zero-order valence-electron chi connectivity index (χ0n) is 16.5. The van der Waals surface area contributed by atoms with Gasteiger partial charge in [-0.2, -0.15) is 0 Å². The molecule has 2 unspecified atom stereocenters. The van der Waals surface area contributed by atoms with E-state index in [1.807, 2.05) is 93.3 Å².